The molecule has 3 heteroatoms. The van der Waals surface area contributed by atoms with Crippen LogP contribution in [0.3, 0.4) is 0 Å². The quantitative estimate of drug-likeness (QED) is 0.546. The first kappa shape index (κ1) is 8.41. The average molecular weight is 129 g/mol. The Kier molecular flexibility index (Phi) is 3.21. The molecular weight excluding hydrogens is 118 g/mol. The van der Waals surface area contributed by atoms with Crippen LogP contribution in [0.25, 0.3) is 0 Å². The van der Waals surface area contributed by atoms with Crippen LogP contribution in [-0.2, 0) is 0 Å². The Labute approximate surface area is 54.5 Å². The summed E-state index contributed by atoms with van der Waals surface area (Å²) in [6, 6.07) is 1.80. The van der Waals surface area contributed by atoms with Gasteiger partial charge in [0.25, 0.3) is 0 Å². The van der Waals surface area contributed by atoms with E-state index in [-0.39, 0.29) is 0 Å². The van der Waals surface area contributed by atoms with Crippen molar-refractivity contribution in [3.8, 4) is 6.07 Å². The maximum atomic E-state index is 8.80. The van der Waals surface area contributed by atoms with Gasteiger partial charge in [-0.3, -0.25) is 0 Å². The lowest BCUT2D eigenvalue weighted by atomic mass is 10.0. The third kappa shape index (κ3) is 2.45. The zero-order chi connectivity index (χ0) is 7.44. The lowest BCUT2D eigenvalue weighted by Crippen LogP contribution is -2.25. The summed E-state index contributed by atoms with van der Waals surface area (Å²) in [7, 11) is 0. The Morgan fingerprint density at radius 1 is 1.22 bits per heavy atom. The second-order valence-corrected chi connectivity index (χ2v) is 2.14. The van der Waals surface area contributed by atoms with Crippen LogP contribution in [0.4, 0.5) is 0 Å². The number of aliphatic hydroxyl groups is 2. The van der Waals surface area contributed by atoms with Crippen LogP contribution < -0.4 is 0 Å². The van der Waals surface area contributed by atoms with E-state index in [9.17, 15) is 0 Å². The van der Waals surface area contributed by atoms with Crippen molar-refractivity contribution in [3.63, 3.8) is 0 Å². The van der Waals surface area contributed by atoms with Crippen molar-refractivity contribution in [3.05, 3.63) is 0 Å². The van der Waals surface area contributed by atoms with Crippen molar-refractivity contribution in [1.82, 2.24) is 0 Å². The molecule has 2 unspecified atom stereocenters. The lowest BCUT2D eigenvalue weighted by molar-refractivity contribution is 0.0610. The molecule has 0 radical (unpaired) electrons. The zero-order valence-electron chi connectivity index (χ0n) is 5.57. The Balaban J connectivity index is 3.87. The summed E-state index contributed by atoms with van der Waals surface area (Å²) in [6.45, 7) is 2.97. The van der Waals surface area contributed by atoms with Gasteiger partial charge in [-0.25, -0.2) is 0 Å². The number of hydrogen-bond acceptors (Lipinski definition) is 3. The summed E-state index contributed by atoms with van der Waals surface area (Å²) < 4.78 is 0. The molecule has 2 atom stereocenters. The molecular formula is C6H11NO2. The molecule has 0 saturated carbocycles. The van der Waals surface area contributed by atoms with E-state index in [0.29, 0.717) is 0 Å². The molecule has 0 aliphatic heterocycles. The monoisotopic (exact) mass is 129 g/mol. The van der Waals surface area contributed by atoms with Gasteiger partial charge in [0.2, 0.25) is 0 Å². The fourth-order valence-corrected chi connectivity index (χ4v) is 0.619. The minimum atomic E-state index is -0.755. The normalized spacial score (nSPS) is 19.9. The van der Waals surface area contributed by atoms with Crippen LogP contribution in [0.2, 0.25) is 0 Å². The first-order chi connectivity index (χ1) is 4.09. The molecule has 0 aromatic rings. The number of aliphatic hydroxyl groups excluding tert-OH is 2. The highest BCUT2D eigenvalue weighted by atomic mass is 16.3. The van der Waals surface area contributed by atoms with E-state index in [1.807, 2.05) is 0 Å². The molecule has 3 nitrogen and oxygen atoms in total. The third-order valence-electron chi connectivity index (χ3n) is 1.19. The standard InChI is InChI=1S/C6H11NO2/c1-4(8)6(3-7)5(2)9/h4-6,8-9H,1-2H3. The second-order valence-electron chi connectivity index (χ2n) is 2.14. The fourth-order valence-electron chi connectivity index (χ4n) is 0.619. The molecule has 0 aliphatic carbocycles. The number of nitrogens with zero attached hydrogens (tertiary/aromatic N) is 1. The van der Waals surface area contributed by atoms with Gasteiger partial charge in [-0.1, -0.05) is 0 Å². The predicted molar refractivity (Wildman–Crippen MR) is 32.5 cm³/mol. The van der Waals surface area contributed by atoms with Gasteiger partial charge in [0.1, 0.15) is 0 Å². The molecule has 0 aliphatic rings. The molecule has 0 spiro atoms. The Hall–Kier alpha value is -0.590. The van der Waals surface area contributed by atoms with Crippen LogP contribution in [0, 0.1) is 17.2 Å². The van der Waals surface area contributed by atoms with Crippen LogP contribution in [0.1, 0.15) is 13.8 Å². The molecule has 0 bridgehead atoms. The van der Waals surface area contributed by atoms with Crippen LogP contribution in [0.5, 0.6) is 0 Å². The Morgan fingerprint density at radius 3 is 1.56 bits per heavy atom. The minimum Gasteiger partial charge on any atom is -0.392 e. The summed E-state index contributed by atoms with van der Waals surface area (Å²) in [6.07, 6.45) is -1.51. The fraction of sp³-hybridized carbons (Fsp3) is 0.833. The topological polar surface area (TPSA) is 64.2 Å². The molecule has 0 saturated heterocycles. The van der Waals surface area contributed by atoms with Crippen LogP contribution in [-0.4, -0.2) is 22.4 Å². The van der Waals surface area contributed by atoms with E-state index in [2.05, 4.69) is 0 Å². The van der Waals surface area contributed by atoms with E-state index < -0.39 is 18.1 Å². The number of nitriles is 1. The highest BCUT2D eigenvalue weighted by Crippen LogP contribution is 2.06. The van der Waals surface area contributed by atoms with Crippen molar-refractivity contribution in [2.24, 2.45) is 5.92 Å². The molecule has 0 aromatic heterocycles. The molecule has 0 amide bonds. The summed E-state index contributed by atoms with van der Waals surface area (Å²) in [4.78, 5) is 0. The van der Waals surface area contributed by atoms with E-state index >= 15 is 0 Å². The zero-order valence-corrected chi connectivity index (χ0v) is 5.57. The van der Waals surface area contributed by atoms with E-state index in [1.54, 1.807) is 6.07 Å². The van der Waals surface area contributed by atoms with Gasteiger partial charge >= 0.3 is 0 Å². The number of hydrogen-bond donors (Lipinski definition) is 2. The Bertz CT molecular complexity index is 107. The first-order valence-corrected chi connectivity index (χ1v) is 2.85. The SMILES string of the molecule is CC(O)C(C#N)C(C)O. The highest BCUT2D eigenvalue weighted by molar-refractivity contribution is 4.89. The molecule has 0 heterocycles. The summed E-state index contributed by atoms with van der Waals surface area (Å²) >= 11 is 0. The van der Waals surface area contributed by atoms with Gasteiger partial charge in [-0.05, 0) is 13.8 Å². The van der Waals surface area contributed by atoms with Gasteiger partial charge in [-0.15, -0.1) is 0 Å². The molecule has 2 N–H and O–H groups in total. The van der Waals surface area contributed by atoms with E-state index in [4.69, 9.17) is 15.5 Å². The van der Waals surface area contributed by atoms with Crippen LogP contribution in [0.15, 0.2) is 0 Å². The van der Waals surface area contributed by atoms with Crippen molar-refractivity contribution >= 4 is 0 Å². The first-order valence-electron chi connectivity index (χ1n) is 2.85. The molecule has 0 aromatic carbocycles. The predicted octanol–water partition coefficient (Wildman–Crippen LogP) is -0.112. The minimum absolute atomic E-state index is 0.662. The van der Waals surface area contributed by atoms with Gasteiger partial charge in [0.05, 0.1) is 24.2 Å². The van der Waals surface area contributed by atoms with Crippen molar-refractivity contribution in [1.29, 1.82) is 5.26 Å². The van der Waals surface area contributed by atoms with Crippen molar-refractivity contribution < 1.29 is 10.2 Å². The van der Waals surface area contributed by atoms with Gasteiger partial charge in [-0.2, -0.15) is 5.26 Å². The Morgan fingerprint density at radius 2 is 1.56 bits per heavy atom. The second kappa shape index (κ2) is 3.44. The van der Waals surface area contributed by atoms with Gasteiger partial charge in [0, 0.05) is 0 Å². The van der Waals surface area contributed by atoms with Crippen molar-refractivity contribution in [2.45, 2.75) is 26.1 Å². The largest absolute Gasteiger partial charge is 0.392 e. The van der Waals surface area contributed by atoms with E-state index in [0.717, 1.165) is 0 Å². The van der Waals surface area contributed by atoms with Gasteiger partial charge in [0.15, 0.2) is 0 Å². The van der Waals surface area contributed by atoms with Gasteiger partial charge < -0.3 is 10.2 Å². The smallest absolute Gasteiger partial charge is 0.0975 e. The number of rotatable bonds is 2. The maximum absolute atomic E-state index is 8.80. The van der Waals surface area contributed by atoms with Crippen LogP contribution >= 0.6 is 0 Å². The lowest BCUT2D eigenvalue weighted by Gasteiger charge is -2.13. The molecule has 0 rings (SSSR count). The highest BCUT2D eigenvalue weighted by Gasteiger charge is 2.18. The van der Waals surface area contributed by atoms with Crippen molar-refractivity contribution in [2.75, 3.05) is 0 Å². The summed E-state index contributed by atoms with van der Waals surface area (Å²) in [5.41, 5.74) is 0. The van der Waals surface area contributed by atoms with E-state index in [1.165, 1.54) is 13.8 Å². The third-order valence-corrected chi connectivity index (χ3v) is 1.19. The average Bonchev–Trinajstić information content (AvgIpc) is 1.64. The molecule has 9 heavy (non-hydrogen) atoms. The molecule has 0 fully saturated rings. The summed E-state index contributed by atoms with van der Waals surface area (Å²) in [5, 5.41) is 25.9. The molecule has 52 valence electrons. The maximum Gasteiger partial charge on any atom is 0.0975 e. The summed E-state index contributed by atoms with van der Waals surface area (Å²) in [5.74, 6) is -0.662.